The highest BCUT2D eigenvalue weighted by molar-refractivity contribution is 5.83. The van der Waals surface area contributed by atoms with Crippen molar-refractivity contribution >= 4 is 16.7 Å². The van der Waals surface area contributed by atoms with Gasteiger partial charge in [0.15, 0.2) is 0 Å². The quantitative estimate of drug-likeness (QED) is 0.825. The molecule has 0 aromatic heterocycles. The number of carboxylic acid groups (broad SMARTS) is 1. The SMILES string of the molecule is C/C(=C\C(=O)O)CCc1ccc2ccccc2c1. The summed E-state index contributed by atoms with van der Waals surface area (Å²) in [6.45, 7) is 1.86. The molecule has 18 heavy (non-hydrogen) atoms. The number of aliphatic carboxylic acids is 1. The summed E-state index contributed by atoms with van der Waals surface area (Å²) in [5, 5.41) is 11.1. The van der Waals surface area contributed by atoms with Gasteiger partial charge in [-0.15, -0.1) is 0 Å². The van der Waals surface area contributed by atoms with Gasteiger partial charge >= 0.3 is 5.97 Å². The van der Waals surface area contributed by atoms with Crippen molar-refractivity contribution in [2.75, 3.05) is 0 Å². The second kappa shape index (κ2) is 5.50. The number of carboxylic acids is 1. The fourth-order valence-corrected chi connectivity index (χ4v) is 2.02. The van der Waals surface area contributed by atoms with Crippen molar-refractivity contribution < 1.29 is 9.90 Å². The van der Waals surface area contributed by atoms with Crippen LogP contribution in [-0.2, 0) is 11.2 Å². The van der Waals surface area contributed by atoms with Crippen molar-refractivity contribution in [3.8, 4) is 0 Å². The Labute approximate surface area is 107 Å². The fourth-order valence-electron chi connectivity index (χ4n) is 2.02. The Kier molecular flexibility index (Phi) is 3.78. The second-order valence-electron chi connectivity index (χ2n) is 4.51. The number of aryl methyl sites for hydroxylation is 1. The number of carbonyl (C=O) groups is 1. The molecule has 2 heteroatoms. The molecule has 0 saturated carbocycles. The van der Waals surface area contributed by atoms with Crippen molar-refractivity contribution in [1.82, 2.24) is 0 Å². The van der Waals surface area contributed by atoms with E-state index in [1.165, 1.54) is 22.4 Å². The molecule has 2 aromatic rings. The Bertz CT molecular complexity index is 597. The fraction of sp³-hybridized carbons (Fsp3) is 0.188. The van der Waals surface area contributed by atoms with Gasteiger partial charge < -0.3 is 5.11 Å². The van der Waals surface area contributed by atoms with Crippen molar-refractivity contribution in [3.63, 3.8) is 0 Å². The first-order chi connectivity index (χ1) is 8.65. The molecule has 0 bridgehead atoms. The summed E-state index contributed by atoms with van der Waals surface area (Å²) in [5.41, 5.74) is 2.14. The van der Waals surface area contributed by atoms with Gasteiger partial charge in [0.25, 0.3) is 0 Å². The van der Waals surface area contributed by atoms with Crippen LogP contribution in [-0.4, -0.2) is 11.1 Å². The van der Waals surface area contributed by atoms with Crippen molar-refractivity contribution in [2.45, 2.75) is 19.8 Å². The molecule has 1 N–H and O–H groups in total. The molecule has 2 rings (SSSR count). The van der Waals surface area contributed by atoms with Crippen LogP contribution in [0.5, 0.6) is 0 Å². The number of benzene rings is 2. The predicted octanol–water partition coefficient (Wildman–Crippen LogP) is 3.80. The van der Waals surface area contributed by atoms with Crippen molar-refractivity contribution in [1.29, 1.82) is 0 Å². The summed E-state index contributed by atoms with van der Waals surface area (Å²) in [5.74, 6) is -0.869. The molecule has 92 valence electrons. The number of hydrogen-bond acceptors (Lipinski definition) is 1. The van der Waals surface area contributed by atoms with Gasteiger partial charge in [0.2, 0.25) is 0 Å². The zero-order chi connectivity index (χ0) is 13.0. The molecule has 0 heterocycles. The summed E-state index contributed by atoms with van der Waals surface area (Å²) in [6.07, 6.45) is 2.94. The van der Waals surface area contributed by atoms with E-state index in [0.29, 0.717) is 0 Å². The molecule has 0 atom stereocenters. The van der Waals surface area contributed by atoms with Gasteiger partial charge in [0.05, 0.1) is 0 Å². The highest BCUT2D eigenvalue weighted by Crippen LogP contribution is 2.17. The molecule has 0 aliphatic rings. The number of hydrogen-bond donors (Lipinski definition) is 1. The molecule has 2 nitrogen and oxygen atoms in total. The summed E-state index contributed by atoms with van der Waals surface area (Å²) in [6, 6.07) is 14.6. The monoisotopic (exact) mass is 240 g/mol. The van der Waals surface area contributed by atoms with Gasteiger partial charge in [-0.05, 0) is 36.1 Å². The molecule has 0 amide bonds. The molecular formula is C16H16O2. The van der Waals surface area contributed by atoms with E-state index < -0.39 is 5.97 Å². The highest BCUT2D eigenvalue weighted by Gasteiger charge is 1.99. The van der Waals surface area contributed by atoms with E-state index in [1.807, 2.05) is 19.1 Å². The van der Waals surface area contributed by atoms with Crippen LogP contribution in [0.2, 0.25) is 0 Å². The Hall–Kier alpha value is -2.09. The number of allylic oxidation sites excluding steroid dienone is 1. The number of fused-ring (bicyclic) bond motifs is 1. The largest absolute Gasteiger partial charge is 0.478 e. The van der Waals surface area contributed by atoms with E-state index in [-0.39, 0.29) is 0 Å². The smallest absolute Gasteiger partial charge is 0.328 e. The third kappa shape index (κ3) is 3.20. The van der Waals surface area contributed by atoms with Gasteiger partial charge in [0.1, 0.15) is 0 Å². The third-order valence-electron chi connectivity index (χ3n) is 2.99. The van der Waals surface area contributed by atoms with Crippen molar-refractivity contribution in [3.05, 3.63) is 59.7 Å². The zero-order valence-electron chi connectivity index (χ0n) is 10.4. The molecule has 0 aliphatic carbocycles. The van der Waals surface area contributed by atoms with Crippen LogP contribution in [0.1, 0.15) is 18.9 Å². The van der Waals surface area contributed by atoms with Crippen LogP contribution in [0, 0.1) is 0 Å². The Morgan fingerprint density at radius 1 is 1.17 bits per heavy atom. The lowest BCUT2D eigenvalue weighted by Crippen LogP contribution is -1.92. The molecule has 0 unspecified atom stereocenters. The summed E-state index contributed by atoms with van der Waals surface area (Å²) < 4.78 is 0. The van der Waals surface area contributed by atoms with Crippen LogP contribution in [0.4, 0.5) is 0 Å². The average Bonchev–Trinajstić information content (AvgIpc) is 2.35. The molecule has 0 radical (unpaired) electrons. The minimum absolute atomic E-state index is 0.782. The van der Waals surface area contributed by atoms with Gasteiger partial charge in [-0.2, -0.15) is 0 Å². The van der Waals surface area contributed by atoms with E-state index in [2.05, 4.69) is 30.3 Å². The summed E-state index contributed by atoms with van der Waals surface area (Å²) in [4.78, 5) is 10.5. The van der Waals surface area contributed by atoms with Gasteiger partial charge in [-0.25, -0.2) is 4.79 Å². The van der Waals surface area contributed by atoms with Gasteiger partial charge in [0, 0.05) is 6.08 Å². The molecule has 0 spiro atoms. The Balaban J connectivity index is 2.10. The Morgan fingerprint density at radius 2 is 1.89 bits per heavy atom. The first kappa shape index (κ1) is 12.4. The van der Waals surface area contributed by atoms with E-state index >= 15 is 0 Å². The van der Waals surface area contributed by atoms with Gasteiger partial charge in [-0.1, -0.05) is 48.0 Å². The maximum atomic E-state index is 10.5. The normalized spacial score (nSPS) is 11.7. The lowest BCUT2D eigenvalue weighted by molar-refractivity contribution is -0.131. The molecule has 0 fully saturated rings. The number of rotatable bonds is 4. The minimum Gasteiger partial charge on any atom is -0.478 e. The second-order valence-corrected chi connectivity index (χ2v) is 4.51. The topological polar surface area (TPSA) is 37.3 Å². The highest BCUT2D eigenvalue weighted by atomic mass is 16.4. The van der Waals surface area contributed by atoms with Crippen LogP contribution >= 0.6 is 0 Å². The van der Waals surface area contributed by atoms with E-state index in [9.17, 15) is 4.79 Å². The van der Waals surface area contributed by atoms with E-state index in [1.54, 1.807) is 0 Å². The molecular weight excluding hydrogens is 224 g/mol. The predicted molar refractivity (Wildman–Crippen MR) is 73.7 cm³/mol. The van der Waals surface area contributed by atoms with E-state index in [0.717, 1.165) is 18.4 Å². The maximum Gasteiger partial charge on any atom is 0.328 e. The molecule has 0 aliphatic heterocycles. The zero-order valence-corrected chi connectivity index (χ0v) is 10.4. The van der Waals surface area contributed by atoms with Crippen LogP contribution < -0.4 is 0 Å². The standard InChI is InChI=1S/C16H16O2/c1-12(10-16(17)18)6-7-13-8-9-14-4-2-3-5-15(14)11-13/h2-5,8-11H,6-7H2,1H3,(H,17,18)/b12-10+. The van der Waals surface area contributed by atoms with Crippen LogP contribution in [0.25, 0.3) is 10.8 Å². The van der Waals surface area contributed by atoms with Crippen LogP contribution in [0.15, 0.2) is 54.1 Å². The minimum atomic E-state index is -0.869. The van der Waals surface area contributed by atoms with Crippen LogP contribution in [0.3, 0.4) is 0 Å². The van der Waals surface area contributed by atoms with Gasteiger partial charge in [-0.3, -0.25) is 0 Å². The Morgan fingerprint density at radius 3 is 2.61 bits per heavy atom. The van der Waals surface area contributed by atoms with Crippen molar-refractivity contribution in [2.24, 2.45) is 0 Å². The molecule has 2 aromatic carbocycles. The summed E-state index contributed by atoms with van der Waals surface area (Å²) in [7, 11) is 0. The summed E-state index contributed by atoms with van der Waals surface area (Å²) >= 11 is 0. The maximum absolute atomic E-state index is 10.5. The lowest BCUT2D eigenvalue weighted by atomic mass is 10.0. The molecule has 0 saturated heterocycles. The van der Waals surface area contributed by atoms with E-state index in [4.69, 9.17) is 5.11 Å². The first-order valence-corrected chi connectivity index (χ1v) is 6.03. The first-order valence-electron chi connectivity index (χ1n) is 6.03. The average molecular weight is 240 g/mol. The lowest BCUT2D eigenvalue weighted by Gasteiger charge is -2.04. The third-order valence-corrected chi connectivity index (χ3v) is 2.99.